The lowest BCUT2D eigenvalue weighted by molar-refractivity contribution is 0.474. The highest BCUT2D eigenvalue weighted by atomic mass is 16.3. The lowest BCUT2D eigenvalue weighted by atomic mass is 10.1. The maximum Gasteiger partial charge on any atom is 0.361 e. The van der Waals surface area contributed by atoms with E-state index >= 15 is 0 Å². The summed E-state index contributed by atoms with van der Waals surface area (Å²) in [5, 5.41) is 13.3. The Morgan fingerprint density at radius 1 is 0.792 bits per heavy atom. The highest BCUT2D eigenvalue weighted by Crippen LogP contribution is 2.27. The van der Waals surface area contributed by atoms with Crippen LogP contribution in [0.2, 0.25) is 0 Å². The zero-order valence-corrected chi connectivity index (χ0v) is 13.4. The Balaban J connectivity index is 1.82. The molecule has 0 fully saturated rings. The number of aryl methyl sites for hydroxylation is 1. The van der Waals surface area contributed by atoms with Crippen molar-refractivity contribution in [1.82, 2.24) is 0 Å². The summed E-state index contributed by atoms with van der Waals surface area (Å²) in [6, 6.07) is 21.9. The zero-order valence-electron chi connectivity index (χ0n) is 13.4. The summed E-state index contributed by atoms with van der Waals surface area (Å²) in [7, 11) is 0. The average Bonchev–Trinajstić information content (AvgIpc) is 2.59. The van der Waals surface area contributed by atoms with E-state index in [0.29, 0.717) is 0 Å². The molecule has 2 heteroatoms. The molecule has 3 aromatic carbocycles. The van der Waals surface area contributed by atoms with E-state index in [1.54, 1.807) is 6.07 Å². The molecule has 0 bridgehead atoms. The average molecular weight is 313 g/mol. The van der Waals surface area contributed by atoms with Gasteiger partial charge in [0.15, 0.2) is 0 Å². The maximum atomic E-state index is 9.87. The number of phenols is 1. The molecule has 4 aromatic rings. The molecule has 0 atom stereocenters. The van der Waals surface area contributed by atoms with Crippen LogP contribution < -0.4 is 0 Å². The fourth-order valence-corrected chi connectivity index (χ4v) is 2.90. The molecule has 116 valence electrons. The van der Waals surface area contributed by atoms with E-state index in [1.165, 1.54) is 5.39 Å². The van der Waals surface area contributed by atoms with Gasteiger partial charge in [-0.1, -0.05) is 42.5 Å². The fourth-order valence-electron chi connectivity index (χ4n) is 2.90. The molecule has 1 aromatic heterocycles. The van der Waals surface area contributed by atoms with Crippen LogP contribution in [0, 0.1) is 6.92 Å². The Labute approximate surface area is 140 Å². The van der Waals surface area contributed by atoms with Gasteiger partial charge in [0.05, 0.1) is 17.0 Å². The van der Waals surface area contributed by atoms with Crippen LogP contribution in [0.4, 0.5) is 0 Å². The summed E-state index contributed by atoms with van der Waals surface area (Å²) in [5.41, 5.74) is 2.69. The Bertz CT molecular complexity index is 1080. The van der Waals surface area contributed by atoms with Crippen LogP contribution in [0.5, 0.6) is 5.75 Å². The number of fused-ring (bicyclic) bond motifs is 2. The number of hydrogen-bond acceptors (Lipinski definition) is 1. The molecule has 1 heterocycles. The summed E-state index contributed by atoms with van der Waals surface area (Å²) in [6.07, 6.45) is 3.77. The van der Waals surface area contributed by atoms with E-state index < -0.39 is 0 Å². The largest absolute Gasteiger partial charge is 0.507 e. The van der Waals surface area contributed by atoms with Gasteiger partial charge in [-0.3, -0.25) is 0 Å². The van der Waals surface area contributed by atoms with Crippen molar-refractivity contribution >= 4 is 33.9 Å². The lowest BCUT2D eigenvalue weighted by Crippen LogP contribution is -1.84. The molecule has 0 aliphatic carbocycles. The van der Waals surface area contributed by atoms with Gasteiger partial charge in [-0.25, -0.2) is 4.42 Å². The van der Waals surface area contributed by atoms with Gasteiger partial charge in [-0.15, -0.1) is 0 Å². The molecular weight excluding hydrogens is 296 g/mol. The molecule has 2 nitrogen and oxygen atoms in total. The van der Waals surface area contributed by atoms with E-state index in [9.17, 15) is 5.11 Å². The molecule has 24 heavy (non-hydrogen) atoms. The minimum Gasteiger partial charge on any atom is -0.507 e. The first-order chi connectivity index (χ1) is 11.7. The van der Waals surface area contributed by atoms with Gasteiger partial charge in [0.2, 0.25) is 0 Å². The van der Waals surface area contributed by atoms with Crippen LogP contribution in [0.3, 0.4) is 0 Å². The standard InChI is InChI=1S/C22H16O2/c1-15-12-19-13-17-7-2-3-8-18(17)14-22(19)24-21(15)11-10-16-6-4-5-9-20(16)23/h2-14H,1H3/p+1/b11-10+. The fraction of sp³-hybridized carbons (Fsp3) is 0.0455. The van der Waals surface area contributed by atoms with E-state index in [4.69, 9.17) is 4.42 Å². The minimum absolute atomic E-state index is 0.262. The Hall–Kier alpha value is -3.13. The lowest BCUT2D eigenvalue weighted by Gasteiger charge is -1.98. The molecule has 0 amide bonds. The topological polar surface area (TPSA) is 31.5 Å². The van der Waals surface area contributed by atoms with E-state index in [-0.39, 0.29) is 5.75 Å². The third kappa shape index (κ3) is 2.63. The molecule has 4 rings (SSSR count). The van der Waals surface area contributed by atoms with Gasteiger partial charge >= 0.3 is 11.3 Å². The summed E-state index contributed by atoms with van der Waals surface area (Å²) in [5.74, 6) is 1.05. The van der Waals surface area contributed by atoms with Gasteiger partial charge in [-0.2, -0.15) is 0 Å². The van der Waals surface area contributed by atoms with Crippen molar-refractivity contribution in [2.75, 3.05) is 0 Å². The molecule has 0 saturated heterocycles. The number of aromatic hydroxyl groups is 1. The maximum absolute atomic E-state index is 9.87. The molecule has 1 N–H and O–H groups in total. The molecule has 0 aliphatic rings. The molecular formula is C22H17O2+. The smallest absolute Gasteiger partial charge is 0.361 e. The second-order valence-electron chi connectivity index (χ2n) is 5.92. The number of phenolic OH excluding ortho intramolecular Hbond substituents is 1. The van der Waals surface area contributed by atoms with Gasteiger partial charge in [0.25, 0.3) is 0 Å². The van der Waals surface area contributed by atoms with Crippen molar-refractivity contribution in [3.63, 3.8) is 0 Å². The Morgan fingerprint density at radius 2 is 1.50 bits per heavy atom. The third-order valence-electron chi connectivity index (χ3n) is 4.21. The van der Waals surface area contributed by atoms with Crippen LogP contribution in [-0.2, 0) is 0 Å². The second-order valence-corrected chi connectivity index (χ2v) is 5.92. The number of hydrogen-bond donors (Lipinski definition) is 1. The second kappa shape index (κ2) is 5.82. The molecule has 0 saturated carbocycles. The van der Waals surface area contributed by atoms with Crippen molar-refractivity contribution in [3.8, 4) is 5.75 Å². The van der Waals surface area contributed by atoms with E-state index in [2.05, 4.69) is 30.3 Å². The number of rotatable bonds is 2. The first-order valence-electron chi connectivity index (χ1n) is 7.93. The first kappa shape index (κ1) is 14.5. The minimum atomic E-state index is 0.262. The van der Waals surface area contributed by atoms with Crippen LogP contribution in [-0.4, -0.2) is 5.11 Å². The normalized spacial score (nSPS) is 11.5. The summed E-state index contributed by atoms with van der Waals surface area (Å²) < 4.78 is 6.09. The Morgan fingerprint density at radius 3 is 2.29 bits per heavy atom. The molecule has 0 aliphatic heterocycles. The molecule has 0 radical (unpaired) electrons. The predicted molar refractivity (Wildman–Crippen MR) is 99.9 cm³/mol. The number of benzene rings is 3. The quantitative estimate of drug-likeness (QED) is 0.361. The third-order valence-corrected chi connectivity index (χ3v) is 4.21. The van der Waals surface area contributed by atoms with Gasteiger partial charge in [0, 0.05) is 11.6 Å². The molecule has 0 unspecified atom stereocenters. The predicted octanol–water partition coefficient (Wildman–Crippen LogP) is 6.05. The van der Waals surface area contributed by atoms with Crippen LogP contribution in [0.1, 0.15) is 16.9 Å². The van der Waals surface area contributed by atoms with Gasteiger partial charge in [-0.05, 0) is 42.0 Å². The summed E-state index contributed by atoms with van der Waals surface area (Å²) >= 11 is 0. The van der Waals surface area contributed by atoms with Crippen molar-refractivity contribution in [2.24, 2.45) is 0 Å². The zero-order chi connectivity index (χ0) is 16.5. The highest BCUT2D eigenvalue weighted by Gasteiger charge is 2.15. The highest BCUT2D eigenvalue weighted by molar-refractivity contribution is 5.96. The number of para-hydroxylation sites is 1. The van der Waals surface area contributed by atoms with E-state index in [1.807, 2.05) is 49.4 Å². The monoisotopic (exact) mass is 313 g/mol. The van der Waals surface area contributed by atoms with Crippen LogP contribution in [0.15, 0.2) is 71.1 Å². The SMILES string of the molecule is Cc1cc2cc3ccccc3cc2[o+]c1/C=C/c1ccccc1O. The first-order valence-corrected chi connectivity index (χ1v) is 7.93. The van der Waals surface area contributed by atoms with Crippen molar-refractivity contribution in [1.29, 1.82) is 0 Å². The molecule has 0 spiro atoms. The summed E-state index contributed by atoms with van der Waals surface area (Å²) in [6.45, 7) is 2.03. The van der Waals surface area contributed by atoms with Crippen LogP contribution >= 0.6 is 0 Å². The van der Waals surface area contributed by atoms with Gasteiger partial charge < -0.3 is 5.11 Å². The van der Waals surface area contributed by atoms with Crippen molar-refractivity contribution in [2.45, 2.75) is 6.92 Å². The van der Waals surface area contributed by atoms with Crippen LogP contribution in [0.25, 0.3) is 33.9 Å². The summed E-state index contributed by atoms with van der Waals surface area (Å²) in [4.78, 5) is 0. The van der Waals surface area contributed by atoms with Gasteiger partial charge in [0.1, 0.15) is 5.75 Å². The van der Waals surface area contributed by atoms with E-state index in [0.717, 1.165) is 33.2 Å². The van der Waals surface area contributed by atoms with Crippen molar-refractivity contribution < 1.29 is 9.52 Å². The Kier molecular flexibility index (Phi) is 3.51. The van der Waals surface area contributed by atoms with Crippen molar-refractivity contribution in [3.05, 3.63) is 83.6 Å².